The van der Waals surface area contributed by atoms with E-state index in [0.29, 0.717) is 11.4 Å². The summed E-state index contributed by atoms with van der Waals surface area (Å²) in [5.74, 6) is -0.202. The van der Waals surface area contributed by atoms with Crippen molar-refractivity contribution in [1.82, 2.24) is 9.47 Å². The second-order valence-corrected chi connectivity index (χ2v) is 8.88. The Bertz CT molecular complexity index is 930. The number of nitrogens with zero attached hydrogens (tertiary/aromatic N) is 2. The molecule has 2 amide bonds. The number of thioether (sulfide) groups is 1. The van der Waals surface area contributed by atoms with Gasteiger partial charge in [-0.3, -0.25) is 14.5 Å². The van der Waals surface area contributed by atoms with Gasteiger partial charge in [-0.2, -0.15) is 0 Å². The first-order valence-electron chi connectivity index (χ1n) is 9.18. The number of rotatable bonds is 3. The highest BCUT2D eigenvalue weighted by Gasteiger charge is 2.33. The van der Waals surface area contributed by atoms with Crippen LogP contribution in [0, 0.1) is 13.8 Å². The van der Waals surface area contributed by atoms with Gasteiger partial charge in [0.1, 0.15) is 0 Å². The van der Waals surface area contributed by atoms with Crippen LogP contribution in [0.15, 0.2) is 35.2 Å². The summed E-state index contributed by atoms with van der Waals surface area (Å²) in [6.45, 7) is 12.9. The molecule has 2 aromatic rings. The standard InChI is InChI=1S/C22H26N2O2S/c1-7-23-20(25)19(27-21(23)26)13-16-12-14(2)24(15(16)3)18-10-8-17(9-11-18)22(4,5)6/h8-13H,7H2,1-6H3/b19-13-. The fraction of sp³-hybridized carbons (Fsp3) is 0.364. The fourth-order valence-corrected chi connectivity index (χ4v) is 4.25. The van der Waals surface area contributed by atoms with Crippen LogP contribution >= 0.6 is 11.8 Å². The zero-order valence-electron chi connectivity index (χ0n) is 16.8. The van der Waals surface area contributed by atoms with Crippen LogP contribution in [0.2, 0.25) is 0 Å². The van der Waals surface area contributed by atoms with E-state index in [0.717, 1.165) is 34.4 Å². The Labute approximate surface area is 165 Å². The maximum Gasteiger partial charge on any atom is 0.293 e. The topological polar surface area (TPSA) is 42.3 Å². The van der Waals surface area contributed by atoms with Crippen LogP contribution in [-0.2, 0) is 10.2 Å². The third-order valence-corrected chi connectivity index (χ3v) is 5.85. The average Bonchev–Trinajstić information content (AvgIpc) is 3.02. The number of benzene rings is 1. The highest BCUT2D eigenvalue weighted by molar-refractivity contribution is 8.18. The van der Waals surface area contributed by atoms with Crippen molar-refractivity contribution in [1.29, 1.82) is 0 Å². The van der Waals surface area contributed by atoms with Gasteiger partial charge in [-0.1, -0.05) is 32.9 Å². The highest BCUT2D eigenvalue weighted by atomic mass is 32.2. The summed E-state index contributed by atoms with van der Waals surface area (Å²) in [6, 6.07) is 10.7. The second-order valence-electron chi connectivity index (χ2n) is 7.88. The molecule has 0 aliphatic carbocycles. The Kier molecular flexibility index (Phi) is 5.08. The molecule has 27 heavy (non-hydrogen) atoms. The third-order valence-electron chi connectivity index (χ3n) is 4.94. The lowest BCUT2D eigenvalue weighted by Crippen LogP contribution is -2.27. The van der Waals surface area contributed by atoms with Gasteiger partial charge in [0.05, 0.1) is 4.91 Å². The van der Waals surface area contributed by atoms with E-state index in [-0.39, 0.29) is 16.6 Å². The zero-order valence-corrected chi connectivity index (χ0v) is 17.6. The molecule has 0 unspecified atom stereocenters. The summed E-state index contributed by atoms with van der Waals surface area (Å²) in [6.07, 6.45) is 1.84. The molecule has 2 heterocycles. The maximum atomic E-state index is 12.4. The largest absolute Gasteiger partial charge is 0.318 e. The number of aryl methyl sites for hydroxylation is 1. The van der Waals surface area contributed by atoms with Crippen molar-refractivity contribution >= 4 is 29.0 Å². The van der Waals surface area contributed by atoms with Gasteiger partial charge in [0, 0.05) is 23.6 Å². The quantitative estimate of drug-likeness (QED) is 0.663. The third kappa shape index (κ3) is 3.61. The number of amides is 2. The first-order valence-corrected chi connectivity index (χ1v) is 10.0. The minimum Gasteiger partial charge on any atom is -0.318 e. The summed E-state index contributed by atoms with van der Waals surface area (Å²) >= 11 is 1.01. The SMILES string of the molecule is CCN1C(=O)S/C(=C\c2cc(C)n(-c3ccc(C(C)(C)C)cc3)c2C)C1=O. The summed E-state index contributed by atoms with van der Waals surface area (Å²) in [5.41, 5.74) is 5.62. The number of carbonyl (C=O) groups excluding carboxylic acids is 2. The molecule has 3 rings (SSSR count). The van der Waals surface area contributed by atoms with Gasteiger partial charge in [0.2, 0.25) is 0 Å². The summed E-state index contributed by atoms with van der Waals surface area (Å²) < 4.78 is 2.18. The van der Waals surface area contributed by atoms with Crippen LogP contribution < -0.4 is 0 Å². The van der Waals surface area contributed by atoms with E-state index in [4.69, 9.17) is 0 Å². The Morgan fingerprint density at radius 1 is 1.07 bits per heavy atom. The van der Waals surface area contributed by atoms with Gasteiger partial charge < -0.3 is 4.57 Å². The summed E-state index contributed by atoms with van der Waals surface area (Å²) in [5, 5.41) is -0.194. The summed E-state index contributed by atoms with van der Waals surface area (Å²) in [4.78, 5) is 26.1. The molecule has 1 saturated heterocycles. The Hall–Kier alpha value is -2.27. The molecule has 1 fully saturated rings. The van der Waals surface area contributed by atoms with Gasteiger partial charge in [0.15, 0.2) is 0 Å². The number of likely N-dealkylation sites (N-methyl/N-ethyl adjacent to an activating group) is 1. The van der Waals surface area contributed by atoms with E-state index < -0.39 is 0 Å². The number of imide groups is 1. The van der Waals surface area contributed by atoms with Gasteiger partial charge in [-0.25, -0.2) is 0 Å². The van der Waals surface area contributed by atoms with Crippen molar-refractivity contribution in [2.75, 3.05) is 6.54 Å². The average molecular weight is 383 g/mol. The van der Waals surface area contributed by atoms with Crippen molar-refractivity contribution in [3.8, 4) is 5.69 Å². The number of carbonyl (C=O) groups is 2. The molecule has 0 spiro atoms. The maximum absolute atomic E-state index is 12.4. The molecule has 1 aliphatic heterocycles. The van der Waals surface area contributed by atoms with E-state index in [1.807, 2.05) is 19.9 Å². The van der Waals surface area contributed by atoms with Gasteiger partial charge in [-0.05, 0) is 73.4 Å². The van der Waals surface area contributed by atoms with Crippen molar-refractivity contribution in [2.45, 2.75) is 47.0 Å². The number of hydrogen-bond acceptors (Lipinski definition) is 3. The predicted octanol–water partition coefficient (Wildman–Crippen LogP) is 5.45. The fourth-order valence-electron chi connectivity index (χ4n) is 3.36. The minimum atomic E-state index is -0.202. The first kappa shape index (κ1) is 19.5. The molecule has 1 aromatic carbocycles. The Morgan fingerprint density at radius 2 is 1.70 bits per heavy atom. The van der Waals surface area contributed by atoms with Crippen LogP contribution in [0.4, 0.5) is 4.79 Å². The molecule has 0 radical (unpaired) electrons. The monoisotopic (exact) mass is 382 g/mol. The molecule has 4 nitrogen and oxygen atoms in total. The van der Waals surface area contributed by atoms with Gasteiger partial charge >= 0.3 is 0 Å². The number of aromatic nitrogens is 1. The molecule has 1 aromatic heterocycles. The van der Waals surface area contributed by atoms with Crippen LogP contribution in [0.25, 0.3) is 11.8 Å². The molecule has 5 heteroatoms. The molecular weight excluding hydrogens is 356 g/mol. The lowest BCUT2D eigenvalue weighted by Gasteiger charge is -2.20. The first-order chi connectivity index (χ1) is 12.6. The minimum absolute atomic E-state index is 0.118. The van der Waals surface area contributed by atoms with Crippen LogP contribution in [0.1, 0.15) is 50.2 Å². The summed E-state index contributed by atoms with van der Waals surface area (Å²) in [7, 11) is 0. The van der Waals surface area contributed by atoms with Gasteiger partial charge in [-0.15, -0.1) is 0 Å². The van der Waals surface area contributed by atoms with E-state index in [2.05, 4.69) is 62.6 Å². The molecule has 142 valence electrons. The molecule has 0 atom stereocenters. The second kappa shape index (κ2) is 7.04. The number of hydrogen-bond donors (Lipinski definition) is 0. The Balaban J connectivity index is 1.98. The van der Waals surface area contributed by atoms with Crippen LogP contribution in [0.5, 0.6) is 0 Å². The van der Waals surface area contributed by atoms with E-state index in [9.17, 15) is 9.59 Å². The van der Waals surface area contributed by atoms with Crippen molar-refractivity contribution in [3.05, 3.63) is 57.8 Å². The van der Waals surface area contributed by atoms with Crippen molar-refractivity contribution < 1.29 is 9.59 Å². The molecular formula is C22H26N2O2S. The smallest absolute Gasteiger partial charge is 0.293 e. The predicted molar refractivity (Wildman–Crippen MR) is 112 cm³/mol. The molecule has 0 N–H and O–H groups in total. The normalized spacial score (nSPS) is 16.7. The molecule has 1 aliphatic rings. The van der Waals surface area contributed by atoms with E-state index >= 15 is 0 Å². The lowest BCUT2D eigenvalue weighted by molar-refractivity contribution is -0.122. The van der Waals surface area contributed by atoms with Crippen molar-refractivity contribution in [2.24, 2.45) is 0 Å². The molecule has 0 saturated carbocycles. The van der Waals surface area contributed by atoms with Crippen LogP contribution in [0.3, 0.4) is 0 Å². The Morgan fingerprint density at radius 3 is 2.22 bits per heavy atom. The lowest BCUT2D eigenvalue weighted by atomic mass is 9.87. The molecule has 0 bridgehead atoms. The van der Waals surface area contributed by atoms with Crippen LogP contribution in [-0.4, -0.2) is 27.2 Å². The van der Waals surface area contributed by atoms with E-state index in [1.54, 1.807) is 0 Å². The van der Waals surface area contributed by atoms with Gasteiger partial charge in [0.25, 0.3) is 11.1 Å². The highest BCUT2D eigenvalue weighted by Crippen LogP contribution is 2.33. The van der Waals surface area contributed by atoms with Crippen molar-refractivity contribution in [3.63, 3.8) is 0 Å². The zero-order chi connectivity index (χ0) is 19.9. The van der Waals surface area contributed by atoms with E-state index in [1.165, 1.54) is 10.5 Å².